The van der Waals surface area contributed by atoms with Crippen LogP contribution in [0, 0.1) is 6.08 Å². The zero-order valence-corrected chi connectivity index (χ0v) is 3.25. The Balaban J connectivity index is 2.73. The van der Waals surface area contributed by atoms with Crippen molar-refractivity contribution in [2.24, 2.45) is 0 Å². The van der Waals surface area contributed by atoms with Crippen LogP contribution in [-0.4, -0.2) is 13.3 Å². The Morgan fingerprint density at radius 1 is 1.50 bits per heavy atom. The monoisotopic (exact) mass is 91.0 g/mol. The first-order chi connectivity index (χ1) is 2.91. The quantitative estimate of drug-likeness (QED) is 0.480. The van der Waals surface area contributed by atoms with E-state index in [4.69, 9.17) is 0 Å². The minimum atomic E-state index is -0.691. The molecule has 0 aliphatic carbocycles. The van der Waals surface area contributed by atoms with E-state index in [-0.39, 0.29) is 0 Å². The first-order valence-electron chi connectivity index (χ1n) is 1.58. The van der Waals surface area contributed by atoms with Crippen LogP contribution < -0.4 is 0 Å². The molecule has 0 rings (SSSR count). The fourth-order valence-corrected chi connectivity index (χ4v) is 0.109. The molecule has 0 unspecified atom stereocenters. The summed E-state index contributed by atoms with van der Waals surface area (Å²) in [4.78, 5) is 0. The predicted octanol–water partition coefficient (Wildman–Crippen LogP) is 1.28. The van der Waals surface area contributed by atoms with Crippen LogP contribution >= 0.6 is 0 Å². The van der Waals surface area contributed by atoms with Gasteiger partial charge in [0.2, 0.25) is 0 Å². The average Bonchev–Trinajstić information content (AvgIpc) is 1.61. The molecule has 0 saturated carbocycles. The van der Waals surface area contributed by atoms with E-state index in [0.717, 1.165) is 6.08 Å². The molecule has 0 aromatic carbocycles. The van der Waals surface area contributed by atoms with E-state index < -0.39 is 13.3 Å². The Kier molecular flexibility index (Phi) is 4.29. The number of halogens is 2. The maximum atomic E-state index is 10.9. The van der Waals surface area contributed by atoms with Crippen LogP contribution in [0.2, 0.25) is 0 Å². The molecule has 1 radical (unpaired) electrons. The van der Waals surface area contributed by atoms with Crippen molar-refractivity contribution in [3.8, 4) is 0 Å². The van der Waals surface area contributed by atoms with Crippen molar-refractivity contribution in [1.29, 1.82) is 0 Å². The van der Waals surface area contributed by atoms with Gasteiger partial charge >= 0.3 is 0 Å². The Morgan fingerprint density at radius 2 is 2.17 bits per heavy atom. The summed E-state index contributed by atoms with van der Waals surface area (Å²) in [5.74, 6) is 0. The second-order valence-electron chi connectivity index (χ2n) is 0.696. The molecule has 0 saturated heterocycles. The van der Waals surface area contributed by atoms with E-state index in [1.807, 2.05) is 6.08 Å². The van der Waals surface area contributed by atoms with Gasteiger partial charge in [-0.05, 0) is 12.2 Å². The Labute approximate surface area is 35.5 Å². The van der Waals surface area contributed by atoms with E-state index in [1.54, 1.807) is 0 Å². The summed E-state index contributed by atoms with van der Waals surface area (Å²) in [6.07, 6.45) is 3.05. The number of hydrogen-bond donors (Lipinski definition) is 0. The van der Waals surface area contributed by atoms with E-state index >= 15 is 0 Å². The van der Waals surface area contributed by atoms with Crippen LogP contribution in [0.15, 0.2) is 6.08 Å². The van der Waals surface area contributed by atoms with E-state index in [0.29, 0.717) is 0 Å². The molecule has 0 aromatic heterocycles. The molecular weight excluding hydrogens is 86.0 g/mol. The summed E-state index contributed by atoms with van der Waals surface area (Å²) in [6, 6.07) is 0. The molecule has 0 aliphatic rings. The minimum Gasteiger partial charge on any atom is -0.247 e. The highest BCUT2D eigenvalue weighted by molar-refractivity contribution is 4.70. The molecule has 0 bridgehead atoms. The van der Waals surface area contributed by atoms with Crippen molar-refractivity contribution < 1.29 is 8.78 Å². The summed E-state index contributed by atoms with van der Waals surface area (Å²) in [5, 5.41) is 0. The Bertz CT molecular complexity index is 34.8. The lowest BCUT2D eigenvalue weighted by Crippen LogP contribution is -1.64. The summed E-state index contributed by atoms with van der Waals surface area (Å²) >= 11 is 0. The molecule has 0 aromatic rings. The molecule has 0 N–H and O–H groups in total. The smallest absolute Gasteiger partial charge is 0.115 e. The molecular formula is C4H5F2. The molecule has 0 spiro atoms. The number of hydrogen-bond acceptors (Lipinski definition) is 0. The fraction of sp³-hybridized carbons (Fsp3) is 0.500. The van der Waals surface area contributed by atoms with Gasteiger partial charge in [0.25, 0.3) is 0 Å². The molecule has 0 aliphatic heterocycles. The van der Waals surface area contributed by atoms with Gasteiger partial charge < -0.3 is 0 Å². The summed E-state index contributed by atoms with van der Waals surface area (Å²) < 4.78 is 21.8. The molecule has 6 heavy (non-hydrogen) atoms. The summed E-state index contributed by atoms with van der Waals surface area (Å²) in [5.41, 5.74) is 0. The van der Waals surface area contributed by atoms with Crippen molar-refractivity contribution in [1.82, 2.24) is 0 Å². The first-order valence-corrected chi connectivity index (χ1v) is 1.58. The van der Waals surface area contributed by atoms with Crippen LogP contribution in [0.25, 0.3) is 0 Å². The molecule has 0 atom stereocenters. The highest BCUT2D eigenvalue weighted by Crippen LogP contribution is 1.71. The van der Waals surface area contributed by atoms with Gasteiger partial charge in [0.15, 0.2) is 0 Å². The average molecular weight is 91.1 g/mol. The molecule has 0 heterocycles. The third-order valence-electron chi connectivity index (χ3n) is 0.299. The Hall–Kier alpha value is -0.400. The molecule has 35 valence electrons. The second kappa shape index (κ2) is 4.60. The number of allylic oxidation sites excluding steroid dienone is 2. The van der Waals surface area contributed by atoms with Crippen LogP contribution in [0.4, 0.5) is 8.78 Å². The molecule has 2 heteroatoms. The molecule has 0 fully saturated rings. The predicted molar refractivity (Wildman–Crippen MR) is 19.8 cm³/mol. The van der Waals surface area contributed by atoms with E-state index in [2.05, 4.69) is 0 Å². The van der Waals surface area contributed by atoms with Gasteiger partial charge in [-0.25, -0.2) is 8.78 Å². The summed E-state index contributed by atoms with van der Waals surface area (Å²) in [6.45, 7) is -1.31. The lowest BCUT2D eigenvalue weighted by Gasteiger charge is -1.67. The Morgan fingerprint density at radius 3 is 2.33 bits per heavy atom. The highest BCUT2D eigenvalue weighted by atomic mass is 19.1. The van der Waals surface area contributed by atoms with Crippen LogP contribution in [0.3, 0.4) is 0 Å². The van der Waals surface area contributed by atoms with Crippen LogP contribution in [-0.2, 0) is 0 Å². The van der Waals surface area contributed by atoms with Crippen LogP contribution in [0.1, 0.15) is 0 Å². The zero-order valence-electron chi connectivity index (χ0n) is 3.25. The van der Waals surface area contributed by atoms with Crippen molar-refractivity contribution in [3.63, 3.8) is 0 Å². The first kappa shape index (κ1) is 5.60. The third-order valence-corrected chi connectivity index (χ3v) is 0.299. The standard InChI is InChI=1S/C4H5F2/c5-3-1-2-4-6/h1H,3-4H2. The third kappa shape index (κ3) is 3.60. The van der Waals surface area contributed by atoms with Gasteiger partial charge in [-0.2, -0.15) is 0 Å². The van der Waals surface area contributed by atoms with Crippen molar-refractivity contribution in [3.05, 3.63) is 12.2 Å². The number of rotatable bonds is 2. The highest BCUT2D eigenvalue weighted by Gasteiger charge is 1.66. The van der Waals surface area contributed by atoms with Crippen molar-refractivity contribution in [2.75, 3.05) is 13.3 Å². The molecule has 0 amide bonds. The minimum absolute atomic E-state index is 0.621. The van der Waals surface area contributed by atoms with Crippen LogP contribution in [0.5, 0.6) is 0 Å². The maximum Gasteiger partial charge on any atom is 0.115 e. The van der Waals surface area contributed by atoms with Gasteiger partial charge in [-0.1, -0.05) is 0 Å². The summed E-state index contributed by atoms with van der Waals surface area (Å²) in [7, 11) is 0. The van der Waals surface area contributed by atoms with Crippen molar-refractivity contribution in [2.45, 2.75) is 0 Å². The van der Waals surface area contributed by atoms with Gasteiger partial charge in [-0.15, -0.1) is 0 Å². The van der Waals surface area contributed by atoms with Gasteiger partial charge in [0.05, 0.1) is 0 Å². The lowest BCUT2D eigenvalue weighted by molar-refractivity contribution is 0.536. The molecule has 0 nitrogen and oxygen atoms in total. The lowest BCUT2D eigenvalue weighted by atomic mass is 10.6. The van der Waals surface area contributed by atoms with Crippen molar-refractivity contribution >= 4 is 0 Å². The topological polar surface area (TPSA) is 0 Å². The fourth-order valence-electron chi connectivity index (χ4n) is 0.109. The largest absolute Gasteiger partial charge is 0.247 e. The normalized spacial score (nSPS) is 10.3. The van der Waals surface area contributed by atoms with E-state index in [1.165, 1.54) is 0 Å². The van der Waals surface area contributed by atoms with Gasteiger partial charge in [-0.3, -0.25) is 0 Å². The van der Waals surface area contributed by atoms with E-state index in [9.17, 15) is 8.78 Å². The SMILES string of the molecule is FC[C]=CCF. The van der Waals surface area contributed by atoms with Gasteiger partial charge in [0, 0.05) is 0 Å². The maximum absolute atomic E-state index is 10.9. The van der Waals surface area contributed by atoms with Gasteiger partial charge in [0.1, 0.15) is 13.3 Å². The second-order valence-corrected chi connectivity index (χ2v) is 0.696. The zero-order chi connectivity index (χ0) is 4.83. The number of alkyl halides is 2.